The van der Waals surface area contributed by atoms with Gasteiger partial charge in [-0.2, -0.15) is 0 Å². The summed E-state index contributed by atoms with van der Waals surface area (Å²) in [5, 5.41) is 10.3. The van der Waals surface area contributed by atoms with Gasteiger partial charge in [0.15, 0.2) is 0 Å². The second-order valence-electron chi connectivity index (χ2n) is 7.40. The van der Waals surface area contributed by atoms with Crippen molar-refractivity contribution < 1.29 is 14.2 Å². The Morgan fingerprint density at radius 3 is 2.48 bits per heavy atom. The van der Waals surface area contributed by atoms with Crippen molar-refractivity contribution in [2.45, 2.75) is 26.5 Å². The number of piperazine rings is 1. The standard InChI is InChI=1S/C22H29FN2O2/c1-17-7-8-18(2)22(13-17)27-16-20(26)15-25-11-9-24(10-12-25)14-19-5-3-4-6-21(19)23/h3-8,13,20,26H,9-12,14-16H2,1-2H3/t20-/m0/s1. The van der Waals surface area contributed by atoms with E-state index in [-0.39, 0.29) is 5.82 Å². The molecule has 0 unspecified atom stereocenters. The van der Waals surface area contributed by atoms with E-state index in [0.717, 1.165) is 48.6 Å². The van der Waals surface area contributed by atoms with E-state index in [2.05, 4.69) is 15.9 Å². The van der Waals surface area contributed by atoms with Crippen molar-refractivity contribution in [3.05, 3.63) is 65.0 Å². The molecule has 1 atom stereocenters. The Morgan fingerprint density at radius 2 is 1.74 bits per heavy atom. The van der Waals surface area contributed by atoms with Crippen molar-refractivity contribution in [3.63, 3.8) is 0 Å². The van der Waals surface area contributed by atoms with Crippen LogP contribution < -0.4 is 4.74 Å². The Bertz CT molecular complexity index is 745. The van der Waals surface area contributed by atoms with Gasteiger partial charge in [0.25, 0.3) is 0 Å². The molecule has 0 bridgehead atoms. The first-order valence-electron chi connectivity index (χ1n) is 9.57. The lowest BCUT2D eigenvalue weighted by Gasteiger charge is -2.35. The minimum Gasteiger partial charge on any atom is -0.491 e. The van der Waals surface area contributed by atoms with E-state index in [4.69, 9.17) is 4.74 Å². The van der Waals surface area contributed by atoms with Gasteiger partial charge < -0.3 is 9.84 Å². The molecule has 0 radical (unpaired) electrons. The third kappa shape index (κ3) is 5.76. The highest BCUT2D eigenvalue weighted by Gasteiger charge is 2.20. The van der Waals surface area contributed by atoms with Crippen LogP contribution in [0.5, 0.6) is 5.75 Å². The number of hydrogen-bond acceptors (Lipinski definition) is 4. The number of aliphatic hydroxyl groups is 1. The highest BCUT2D eigenvalue weighted by Crippen LogP contribution is 2.19. The van der Waals surface area contributed by atoms with E-state index in [1.165, 1.54) is 6.07 Å². The average molecular weight is 372 g/mol. The lowest BCUT2D eigenvalue weighted by Crippen LogP contribution is -2.48. The van der Waals surface area contributed by atoms with E-state index in [1.807, 2.05) is 38.1 Å². The molecular weight excluding hydrogens is 343 g/mol. The molecule has 5 heteroatoms. The summed E-state index contributed by atoms with van der Waals surface area (Å²) < 4.78 is 19.6. The Kier molecular flexibility index (Phi) is 6.83. The summed E-state index contributed by atoms with van der Waals surface area (Å²) in [4.78, 5) is 4.50. The van der Waals surface area contributed by atoms with Crippen molar-refractivity contribution >= 4 is 0 Å². The summed E-state index contributed by atoms with van der Waals surface area (Å²) >= 11 is 0. The van der Waals surface area contributed by atoms with E-state index in [1.54, 1.807) is 6.07 Å². The van der Waals surface area contributed by atoms with Crippen LogP contribution in [0.15, 0.2) is 42.5 Å². The van der Waals surface area contributed by atoms with Gasteiger partial charge >= 0.3 is 0 Å². The minimum atomic E-state index is -0.525. The molecule has 0 spiro atoms. The van der Waals surface area contributed by atoms with Crippen molar-refractivity contribution in [1.82, 2.24) is 9.80 Å². The van der Waals surface area contributed by atoms with Gasteiger partial charge in [-0.05, 0) is 37.1 Å². The second kappa shape index (κ2) is 9.31. The highest BCUT2D eigenvalue weighted by molar-refractivity contribution is 5.35. The largest absolute Gasteiger partial charge is 0.491 e. The predicted octanol–water partition coefficient (Wildman–Crippen LogP) is 3.00. The smallest absolute Gasteiger partial charge is 0.127 e. The summed E-state index contributed by atoms with van der Waals surface area (Å²) in [6.07, 6.45) is -0.525. The molecule has 2 aromatic carbocycles. The maximum absolute atomic E-state index is 13.8. The fourth-order valence-corrected chi connectivity index (χ4v) is 3.40. The van der Waals surface area contributed by atoms with Crippen molar-refractivity contribution in [1.29, 1.82) is 0 Å². The average Bonchev–Trinajstić information content (AvgIpc) is 2.66. The van der Waals surface area contributed by atoms with Gasteiger partial charge in [0, 0.05) is 44.8 Å². The maximum Gasteiger partial charge on any atom is 0.127 e. The maximum atomic E-state index is 13.8. The zero-order valence-corrected chi connectivity index (χ0v) is 16.2. The first-order valence-corrected chi connectivity index (χ1v) is 9.57. The summed E-state index contributed by atoms with van der Waals surface area (Å²) in [7, 11) is 0. The number of ether oxygens (including phenoxy) is 1. The number of benzene rings is 2. The lowest BCUT2D eigenvalue weighted by atomic mass is 10.1. The molecule has 1 aliphatic heterocycles. The van der Waals surface area contributed by atoms with Crippen LogP contribution in [0.25, 0.3) is 0 Å². The molecule has 0 saturated carbocycles. The lowest BCUT2D eigenvalue weighted by molar-refractivity contribution is 0.0443. The summed E-state index contributed by atoms with van der Waals surface area (Å²) in [6, 6.07) is 13.0. The quantitative estimate of drug-likeness (QED) is 0.811. The van der Waals surface area contributed by atoms with Gasteiger partial charge in [0.1, 0.15) is 24.3 Å². The molecule has 0 amide bonds. The number of aryl methyl sites for hydroxylation is 2. The Hall–Kier alpha value is -1.95. The molecule has 0 aliphatic carbocycles. The fraction of sp³-hybridized carbons (Fsp3) is 0.455. The van der Waals surface area contributed by atoms with Crippen LogP contribution in [-0.4, -0.2) is 60.3 Å². The molecule has 1 aliphatic rings. The highest BCUT2D eigenvalue weighted by atomic mass is 19.1. The van der Waals surface area contributed by atoms with Gasteiger partial charge in [-0.3, -0.25) is 9.80 Å². The summed E-state index contributed by atoms with van der Waals surface area (Å²) in [5.41, 5.74) is 2.97. The first-order chi connectivity index (χ1) is 13.0. The molecule has 0 aromatic heterocycles. The van der Waals surface area contributed by atoms with Gasteiger partial charge in [-0.15, -0.1) is 0 Å². The molecular formula is C22H29FN2O2. The van der Waals surface area contributed by atoms with Crippen LogP contribution in [0.4, 0.5) is 4.39 Å². The normalized spacial score (nSPS) is 17.0. The predicted molar refractivity (Wildman–Crippen MR) is 106 cm³/mol. The zero-order chi connectivity index (χ0) is 19.2. The summed E-state index contributed by atoms with van der Waals surface area (Å²) in [5.74, 6) is 0.697. The molecule has 4 nitrogen and oxygen atoms in total. The van der Waals surface area contributed by atoms with E-state index < -0.39 is 6.10 Å². The Labute approximate surface area is 161 Å². The number of β-amino-alcohol motifs (C(OH)–C–C–N with tert-alkyl or cyclic N) is 1. The third-order valence-electron chi connectivity index (χ3n) is 5.06. The summed E-state index contributed by atoms with van der Waals surface area (Å²) in [6.45, 7) is 9.05. The molecule has 1 N–H and O–H groups in total. The fourth-order valence-electron chi connectivity index (χ4n) is 3.40. The van der Waals surface area contributed by atoms with Gasteiger partial charge in [-0.1, -0.05) is 30.3 Å². The monoisotopic (exact) mass is 372 g/mol. The van der Waals surface area contributed by atoms with Crippen LogP contribution >= 0.6 is 0 Å². The SMILES string of the molecule is Cc1ccc(C)c(OC[C@@H](O)CN2CCN(Cc3ccccc3F)CC2)c1. The van der Waals surface area contributed by atoms with E-state index in [9.17, 15) is 9.50 Å². The van der Waals surface area contributed by atoms with Crippen LogP contribution in [-0.2, 0) is 6.54 Å². The molecule has 27 heavy (non-hydrogen) atoms. The van der Waals surface area contributed by atoms with Crippen molar-refractivity contribution in [2.75, 3.05) is 39.3 Å². The van der Waals surface area contributed by atoms with E-state index in [0.29, 0.717) is 19.7 Å². The number of hydrogen-bond donors (Lipinski definition) is 1. The van der Waals surface area contributed by atoms with Crippen LogP contribution in [0.3, 0.4) is 0 Å². The second-order valence-corrected chi connectivity index (χ2v) is 7.40. The molecule has 2 aromatic rings. The van der Waals surface area contributed by atoms with Crippen LogP contribution in [0.2, 0.25) is 0 Å². The molecule has 1 heterocycles. The van der Waals surface area contributed by atoms with Crippen LogP contribution in [0, 0.1) is 19.7 Å². The van der Waals surface area contributed by atoms with Gasteiger partial charge in [-0.25, -0.2) is 4.39 Å². The molecule has 3 rings (SSSR count). The zero-order valence-electron chi connectivity index (χ0n) is 16.2. The van der Waals surface area contributed by atoms with Crippen molar-refractivity contribution in [3.8, 4) is 5.75 Å². The Morgan fingerprint density at radius 1 is 1.04 bits per heavy atom. The number of nitrogens with zero attached hydrogens (tertiary/aromatic N) is 2. The minimum absolute atomic E-state index is 0.140. The topological polar surface area (TPSA) is 35.9 Å². The molecule has 1 saturated heterocycles. The van der Waals surface area contributed by atoms with Crippen molar-refractivity contribution in [2.24, 2.45) is 0 Å². The van der Waals surface area contributed by atoms with Crippen LogP contribution in [0.1, 0.15) is 16.7 Å². The number of halogens is 1. The first kappa shape index (κ1) is 19.8. The molecule has 1 fully saturated rings. The van der Waals surface area contributed by atoms with Gasteiger partial charge in [0.2, 0.25) is 0 Å². The van der Waals surface area contributed by atoms with Gasteiger partial charge in [0.05, 0.1) is 0 Å². The third-order valence-corrected chi connectivity index (χ3v) is 5.06. The Balaban J connectivity index is 1.41. The molecule has 146 valence electrons. The van der Waals surface area contributed by atoms with E-state index >= 15 is 0 Å². The number of rotatable bonds is 7. The number of aliphatic hydroxyl groups excluding tert-OH is 1.